The fraction of sp³-hybridized carbons (Fsp3) is 0. The lowest BCUT2D eigenvalue weighted by molar-refractivity contribution is 0.239. The zero-order valence-electron chi connectivity index (χ0n) is 7.63. The van der Waals surface area contributed by atoms with Gasteiger partial charge < -0.3 is 4.84 Å². The van der Waals surface area contributed by atoms with Crippen molar-refractivity contribution in [1.29, 1.82) is 0 Å². The summed E-state index contributed by atoms with van der Waals surface area (Å²) in [4.78, 5) is 5.22. The van der Waals surface area contributed by atoms with Crippen LogP contribution in [0.5, 0.6) is 5.75 Å². The van der Waals surface area contributed by atoms with Crippen molar-refractivity contribution in [1.82, 2.24) is 5.48 Å². The molecule has 0 bridgehead atoms. The molecule has 0 aliphatic rings. The van der Waals surface area contributed by atoms with Gasteiger partial charge in [-0.15, -0.1) is 0 Å². The summed E-state index contributed by atoms with van der Waals surface area (Å²) in [6.07, 6.45) is 0. The van der Waals surface area contributed by atoms with Crippen LogP contribution in [0.2, 0.25) is 0 Å². The highest BCUT2D eigenvalue weighted by Crippen LogP contribution is 2.11. The first-order valence-electron chi connectivity index (χ1n) is 4.43. The van der Waals surface area contributed by atoms with Gasteiger partial charge in [0.2, 0.25) is 0 Å². The zero-order chi connectivity index (χ0) is 9.64. The molecule has 0 atom stereocenters. The summed E-state index contributed by atoms with van der Waals surface area (Å²) in [6.45, 7) is 0. The van der Waals surface area contributed by atoms with Crippen LogP contribution in [0.15, 0.2) is 60.7 Å². The van der Waals surface area contributed by atoms with Crippen molar-refractivity contribution < 1.29 is 4.84 Å². The molecule has 0 heterocycles. The SMILES string of the molecule is c1ccc([N]Oc2ccccc2)cc1. The highest BCUT2D eigenvalue weighted by atomic mass is 16.6. The molecule has 2 aromatic rings. The molecule has 2 heteroatoms. The van der Waals surface area contributed by atoms with Crippen LogP contribution in [0.25, 0.3) is 0 Å². The Labute approximate surface area is 83.1 Å². The van der Waals surface area contributed by atoms with E-state index in [0.29, 0.717) is 0 Å². The first-order valence-corrected chi connectivity index (χ1v) is 4.43. The molecule has 0 saturated heterocycles. The van der Waals surface area contributed by atoms with Crippen molar-refractivity contribution >= 4 is 5.69 Å². The van der Waals surface area contributed by atoms with E-state index in [1.807, 2.05) is 60.7 Å². The van der Waals surface area contributed by atoms with Crippen LogP contribution in [0.1, 0.15) is 0 Å². The van der Waals surface area contributed by atoms with E-state index in [2.05, 4.69) is 5.48 Å². The fourth-order valence-corrected chi connectivity index (χ4v) is 1.08. The largest absolute Gasteiger partial charge is 0.356 e. The molecular formula is C12H10NO. The second kappa shape index (κ2) is 4.33. The van der Waals surface area contributed by atoms with Crippen LogP contribution < -0.4 is 10.3 Å². The van der Waals surface area contributed by atoms with E-state index >= 15 is 0 Å². The lowest BCUT2D eigenvalue weighted by Crippen LogP contribution is -2.02. The van der Waals surface area contributed by atoms with Gasteiger partial charge in [-0.1, -0.05) is 41.9 Å². The summed E-state index contributed by atoms with van der Waals surface area (Å²) in [7, 11) is 0. The maximum Gasteiger partial charge on any atom is 0.157 e. The Morgan fingerprint density at radius 3 is 1.93 bits per heavy atom. The number of hydrogen-bond donors (Lipinski definition) is 0. The Kier molecular flexibility index (Phi) is 2.67. The normalized spacial score (nSPS) is 9.43. The van der Waals surface area contributed by atoms with Crippen LogP contribution in [-0.2, 0) is 0 Å². The van der Waals surface area contributed by atoms with Gasteiger partial charge in [0.25, 0.3) is 0 Å². The number of para-hydroxylation sites is 1. The van der Waals surface area contributed by atoms with Gasteiger partial charge in [-0.05, 0) is 24.3 Å². The molecule has 0 saturated carbocycles. The monoisotopic (exact) mass is 184 g/mol. The highest BCUT2D eigenvalue weighted by molar-refractivity contribution is 5.34. The first kappa shape index (κ1) is 8.63. The third kappa shape index (κ3) is 2.26. The summed E-state index contributed by atoms with van der Waals surface area (Å²) >= 11 is 0. The van der Waals surface area contributed by atoms with Crippen molar-refractivity contribution in [2.75, 3.05) is 0 Å². The summed E-state index contributed by atoms with van der Waals surface area (Å²) in [5.41, 5.74) is 4.79. The Morgan fingerprint density at radius 1 is 0.714 bits per heavy atom. The van der Waals surface area contributed by atoms with Crippen LogP contribution in [0.4, 0.5) is 5.69 Å². The van der Waals surface area contributed by atoms with Crippen LogP contribution in [-0.4, -0.2) is 0 Å². The summed E-state index contributed by atoms with van der Waals surface area (Å²) in [6, 6.07) is 19.1. The smallest absolute Gasteiger partial charge is 0.157 e. The van der Waals surface area contributed by atoms with Crippen LogP contribution >= 0.6 is 0 Å². The van der Waals surface area contributed by atoms with E-state index in [0.717, 1.165) is 11.4 Å². The van der Waals surface area contributed by atoms with E-state index in [1.54, 1.807) is 0 Å². The molecule has 0 aliphatic heterocycles. The average Bonchev–Trinajstić information content (AvgIpc) is 2.29. The molecule has 0 aliphatic carbocycles. The van der Waals surface area contributed by atoms with E-state index in [4.69, 9.17) is 4.84 Å². The van der Waals surface area contributed by atoms with E-state index < -0.39 is 0 Å². The van der Waals surface area contributed by atoms with Crippen molar-refractivity contribution in [3.63, 3.8) is 0 Å². The van der Waals surface area contributed by atoms with Gasteiger partial charge in [0, 0.05) is 0 Å². The van der Waals surface area contributed by atoms with E-state index in [-0.39, 0.29) is 0 Å². The molecule has 1 radical (unpaired) electrons. The van der Waals surface area contributed by atoms with Gasteiger partial charge in [-0.3, -0.25) is 0 Å². The topological polar surface area (TPSA) is 23.3 Å². The van der Waals surface area contributed by atoms with Gasteiger partial charge in [-0.25, -0.2) is 0 Å². The lowest BCUT2D eigenvalue weighted by atomic mass is 10.3. The molecule has 0 unspecified atom stereocenters. The number of benzene rings is 2. The second-order valence-electron chi connectivity index (χ2n) is 2.83. The highest BCUT2D eigenvalue weighted by Gasteiger charge is 1.94. The minimum atomic E-state index is 0.747. The molecule has 14 heavy (non-hydrogen) atoms. The lowest BCUT2D eigenvalue weighted by Gasteiger charge is -2.02. The fourth-order valence-electron chi connectivity index (χ4n) is 1.08. The van der Waals surface area contributed by atoms with E-state index in [1.165, 1.54) is 0 Å². The molecule has 2 rings (SSSR count). The average molecular weight is 184 g/mol. The van der Waals surface area contributed by atoms with Gasteiger partial charge in [0.05, 0.1) is 0 Å². The molecule has 2 nitrogen and oxygen atoms in total. The molecule has 0 N–H and O–H groups in total. The quantitative estimate of drug-likeness (QED) is 0.672. The van der Waals surface area contributed by atoms with Gasteiger partial charge in [-0.2, -0.15) is 0 Å². The van der Waals surface area contributed by atoms with Crippen LogP contribution in [0.3, 0.4) is 0 Å². The van der Waals surface area contributed by atoms with Crippen molar-refractivity contribution in [2.24, 2.45) is 0 Å². The van der Waals surface area contributed by atoms with Gasteiger partial charge in [0.15, 0.2) is 5.75 Å². The summed E-state index contributed by atoms with van der Waals surface area (Å²) in [5, 5.41) is 0. The predicted octanol–water partition coefficient (Wildman–Crippen LogP) is 2.92. The van der Waals surface area contributed by atoms with Crippen molar-refractivity contribution in [2.45, 2.75) is 0 Å². The zero-order valence-corrected chi connectivity index (χ0v) is 7.63. The van der Waals surface area contributed by atoms with Crippen molar-refractivity contribution in [3.05, 3.63) is 60.7 Å². The summed E-state index contributed by atoms with van der Waals surface area (Å²) in [5.74, 6) is 0.747. The Balaban J connectivity index is 1.96. The number of rotatable bonds is 3. The molecule has 0 aromatic heterocycles. The first-order chi connectivity index (χ1) is 6.95. The number of hydrogen-bond acceptors (Lipinski definition) is 1. The minimum absolute atomic E-state index is 0.747. The molecular weight excluding hydrogens is 174 g/mol. The Bertz CT molecular complexity index is 333. The van der Waals surface area contributed by atoms with E-state index in [9.17, 15) is 0 Å². The molecule has 0 spiro atoms. The van der Waals surface area contributed by atoms with Gasteiger partial charge >= 0.3 is 0 Å². The van der Waals surface area contributed by atoms with Gasteiger partial charge in [0.1, 0.15) is 5.69 Å². The molecule has 69 valence electrons. The molecule has 0 fully saturated rings. The molecule has 0 amide bonds. The van der Waals surface area contributed by atoms with Crippen LogP contribution in [0, 0.1) is 0 Å². The third-order valence-corrected chi connectivity index (χ3v) is 1.76. The summed E-state index contributed by atoms with van der Waals surface area (Å²) < 4.78 is 0. The maximum atomic E-state index is 5.22. The Morgan fingerprint density at radius 2 is 1.29 bits per heavy atom. The maximum absolute atomic E-state index is 5.22. The Hall–Kier alpha value is -1.96. The minimum Gasteiger partial charge on any atom is -0.356 e. The number of nitrogens with zero attached hydrogens (tertiary/aromatic N) is 1. The van der Waals surface area contributed by atoms with Crippen molar-refractivity contribution in [3.8, 4) is 5.75 Å². The third-order valence-electron chi connectivity index (χ3n) is 1.76. The standard InChI is InChI=1S/C12H10NO/c1-3-7-11(8-4-1)13-14-12-9-5-2-6-10-12/h1-10H. The second-order valence-corrected chi connectivity index (χ2v) is 2.83. The predicted molar refractivity (Wildman–Crippen MR) is 55.3 cm³/mol. The molecule has 2 aromatic carbocycles.